The van der Waals surface area contributed by atoms with Crippen LogP contribution in [-0.2, 0) is 4.74 Å². The van der Waals surface area contributed by atoms with Crippen molar-refractivity contribution in [3.8, 4) is 0 Å². The molecule has 1 heteroatoms. The Balaban J connectivity index is 2.04. The topological polar surface area (TPSA) is 9.23 Å². The van der Waals surface area contributed by atoms with Crippen LogP contribution in [0.5, 0.6) is 0 Å². The molecule has 0 radical (unpaired) electrons. The highest BCUT2D eigenvalue weighted by Crippen LogP contribution is 2.41. The maximum absolute atomic E-state index is 6.12. The summed E-state index contributed by atoms with van der Waals surface area (Å²) in [5, 5.41) is 0. The molecule has 1 saturated heterocycles. The first-order valence-corrected chi connectivity index (χ1v) is 5.55. The lowest BCUT2D eigenvalue weighted by Gasteiger charge is -2.43. The van der Waals surface area contributed by atoms with Crippen LogP contribution in [-0.4, -0.2) is 11.7 Å². The minimum atomic E-state index is 0.201. The highest BCUT2D eigenvalue weighted by atomic mass is 16.5. The van der Waals surface area contributed by atoms with Crippen molar-refractivity contribution >= 4 is 0 Å². The average molecular weight is 180 g/mol. The number of rotatable bonds is 0. The Morgan fingerprint density at radius 1 is 1.38 bits per heavy atom. The van der Waals surface area contributed by atoms with Gasteiger partial charge in [-0.15, -0.1) is 0 Å². The van der Waals surface area contributed by atoms with Crippen molar-refractivity contribution < 1.29 is 4.74 Å². The van der Waals surface area contributed by atoms with Crippen LogP contribution in [0.25, 0.3) is 0 Å². The summed E-state index contributed by atoms with van der Waals surface area (Å²) >= 11 is 0. The van der Waals surface area contributed by atoms with E-state index in [1.165, 1.54) is 44.1 Å². The van der Waals surface area contributed by atoms with Crippen LogP contribution in [0.1, 0.15) is 51.9 Å². The zero-order valence-corrected chi connectivity index (χ0v) is 8.64. The van der Waals surface area contributed by atoms with Crippen molar-refractivity contribution in [2.24, 2.45) is 0 Å². The van der Waals surface area contributed by atoms with Crippen molar-refractivity contribution in [2.45, 2.75) is 63.6 Å². The lowest BCUT2D eigenvalue weighted by Crippen LogP contribution is -2.41. The van der Waals surface area contributed by atoms with Gasteiger partial charge in [0.05, 0.1) is 11.7 Å². The molecular formula is C12H20O. The van der Waals surface area contributed by atoms with Crippen molar-refractivity contribution in [3.05, 3.63) is 12.2 Å². The fraction of sp³-hybridized carbons (Fsp3) is 0.833. The lowest BCUT2D eigenvalue weighted by molar-refractivity contribution is -0.130. The summed E-state index contributed by atoms with van der Waals surface area (Å²) in [5.41, 5.74) is 1.60. The first-order chi connectivity index (χ1) is 6.20. The van der Waals surface area contributed by atoms with Crippen LogP contribution in [0, 0.1) is 0 Å². The van der Waals surface area contributed by atoms with Gasteiger partial charge in [-0.25, -0.2) is 0 Å². The van der Waals surface area contributed by atoms with Crippen LogP contribution in [0.2, 0.25) is 0 Å². The fourth-order valence-electron chi connectivity index (χ4n) is 2.86. The molecule has 13 heavy (non-hydrogen) atoms. The van der Waals surface area contributed by atoms with E-state index in [4.69, 9.17) is 4.74 Å². The predicted octanol–water partition coefficient (Wildman–Crippen LogP) is 3.44. The molecule has 1 aliphatic heterocycles. The maximum atomic E-state index is 6.12. The molecule has 2 fully saturated rings. The van der Waals surface area contributed by atoms with E-state index in [1.807, 2.05) is 0 Å². The summed E-state index contributed by atoms with van der Waals surface area (Å²) in [7, 11) is 0. The zero-order valence-electron chi connectivity index (χ0n) is 8.64. The Labute approximate surface area is 81.2 Å². The molecule has 1 saturated carbocycles. The molecule has 2 aliphatic rings. The standard InChI is InChI=1S/C12H20O/c1-10-5-3-7-12(9-10)8-4-6-11(2)13-12/h11H,1,3-9H2,2H3/t11-,12+/m1/s1. The third kappa shape index (κ3) is 1.96. The highest BCUT2D eigenvalue weighted by molar-refractivity contribution is 5.07. The monoisotopic (exact) mass is 180 g/mol. The van der Waals surface area contributed by atoms with Crippen LogP contribution >= 0.6 is 0 Å². The molecule has 2 atom stereocenters. The number of hydrogen-bond donors (Lipinski definition) is 0. The predicted molar refractivity (Wildman–Crippen MR) is 54.7 cm³/mol. The Hall–Kier alpha value is -0.300. The molecule has 0 aromatic rings. The quantitative estimate of drug-likeness (QED) is 0.519. The number of hydrogen-bond acceptors (Lipinski definition) is 1. The van der Waals surface area contributed by atoms with Crippen LogP contribution in [0.3, 0.4) is 0 Å². The molecule has 2 rings (SSSR count). The van der Waals surface area contributed by atoms with Gasteiger partial charge in [0.1, 0.15) is 0 Å². The Morgan fingerprint density at radius 3 is 2.85 bits per heavy atom. The second-order valence-corrected chi connectivity index (χ2v) is 4.78. The van der Waals surface area contributed by atoms with Gasteiger partial charge in [-0.3, -0.25) is 0 Å². The van der Waals surface area contributed by atoms with Crippen molar-refractivity contribution in [3.63, 3.8) is 0 Å². The number of ether oxygens (including phenoxy) is 1. The van der Waals surface area contributed by atoms with Gasteiger partial charge in [0.2, 0.25) is 0 Å². The molecule has 0 aromatic heterocycles. The van der Waals surface area contributed by atoms with Gasteiger partial charge in [0, 0.05) is 0 Å². The SMILES string of the molecule is C=C1CCC[C@]2(CCC[C@@H](C)O2)C1. The van der Waals surface area contributed by atoms with E-state index >= 15 is 0 Å². The van der Waals surface area contributed by atoms with Crippen molar-refractivity contribution in [2.75, 3.05) is 0 Å². The molecule has 74 valence electrons. The summed E-state index contributed by atoms with van der Waals surface area (Å²) < 4.78 is 6.12. The smallest absolute Gasteiger partial charge is 0.0723 e. The molecule has 1 heterocycles. The Kier molecular flexibility index (Phi) is 2.46. The van der Waals surface area contributed by atoms with Crippen molar-refractivity contribution in [1.29, 1.82) is 0 Å². The summed E-state index contributed by atoms with van der Waals surface area (Å²) in [4.78, 5) is 0. The van der Waals surface area contributed by atoms with Gasteiger partial charge in [0.25, 0.3) is 0 Å². The van der Waals surface area contributed by atoms with E-state index in [-0.39, 0.29) is 5.60 Å². The summed E-state index contributed by atoms with van der Waals surface area (Å²) in [6.45, 7) is 6.32. The third-order valence-electron chi connectivity index (χ3n) is 3.43. The maximum Gasteiger partial charge on any atom is 0.0723 e. The zero-order chi connectivity index (χ0) is 9.31. The second-order valence-electron chi connectivity index (χ2n) is 4.78. The molecule has 0 bridgehead atoms. The van der Waals surface area contributed by atoms with Gasteiger partial charge in [-0.05, 0) is 51.9 Å². The van der Waals surface area contributed by atoms with Gasteiger partial charge in [-0.1, -0.05) is 12.2 Å². The average Bonchev–Trinajstić information content (AvgIpc) is 2.02. The highest BCUT2D eigenvalue weighted by Gasteiger charge is 2.37. The summed E-state index contributed by atoms with van der Waals surface area (Å²) in [5.74, 6) is 0. The van der Waals surface area contributed by atoms with Crippen LogP contribution in [0.4, 0.5) is 0 Å². The largest absolute Gasteiger partial charge is 0.372 e. The fourth-order valence-corrected chi connectivity index (χ4v) is 2.86. The first kappa shape index (κ1) is 9.26. The molecule has 0 unspecified atom stereocenters. The Bertz CT molecular complexity index is 205. The van der Waals surface area contributed by atoms with E-state index in [1.54, 1.807) is 0 Å². The first-order valence-electron chi connectivity index (χ1n) is 5.55. The molecule has 0 N–H and O–H groups in total. The molecular weight excluding hydrogens is 160 g/mol. The van der Waals surface area contributed by atoms with Crippen LogP contribution in [0.15, 0.2) is 12.2 Å². The normalized spacial score (nSPS) is 41.0. The Morgan fingerprint density at radius 2 is 2.15 bits per heavy atom. The lowest BCUT2D eigenvalue weighted by atomic mass is 9.77. The van der Waals surface area contributed by atoms with Gasteiger partial charge >= 0.3 is 0 Å². The summed E-state index contributed by atoms with van der Waals surface area (Å²) in [6.07, 6.45) is 9.21. The van der Waals surface area contributed by atoms with Gasteiger partial charge < -0.3 is 4.74 Å². The van der Waals surface area contributed by atoms with Gasteiger partial charge in [-0.2, -0.15) is 0 Å². The van der Waals surface area contributed by atoms with Gasteiger partial charge in [0.15, 0.2) is 0 Å². The molecule has 0 aromatic carbocycles. The van der Waals surface area contributed by atoms with E-state index in [9.17, 15) is 0 Å². The minimum absolute atomic E-state index is 0.201. The molecule has 1 spiro atoms. The van der Waals surface area contributed by atoms with Crippen molar-refractivity contribution in [1.82, 2.24) is 0 Å². The third-order valence-corrected chi connectivity index (χ3v) is 3.43. The van der Waals surface area contributed by atoms with Crippen LogP contribution < -0.4 is 0 Å². The summed E-state index contributed by atoms with van der Waals surface area (Å²) in [6, 6.07) is 0. The molecule has 1 aliphatic carbocycles. The second kappa shape index (κ2) is 3.45. The van der Waals surface area contributed by atoms with E-state index < -0.39 is 0 Å². The molecule has 0 amide bonds. The molecule has 1 nitrogen and oxygen atoms in total. The van der Waals surface area contributed by atoms with E-state index in [2.05, 4.69) is 13.5 Å². The van der Waals surface area contributed by atoms with E-state index in [0.717, 1.165) is 6.42 Å². The van der Waals surface area contributed by atoms with E-state index in [0.29, 0.717) is 6.10 Å². The minimum Gasteiger partial charge on any atom is -0.372 e.